The van der Waals surface area contributed by atoms with Crippen LogP contribution >= 0.6 is 11.8 Å². The van der Waals surface area contributed by atoms with E-state index in [-0.39, 0.29) is 30.6 Å². The maximum atomic E-state index is 12.3. The molecule has 4 rings (SSSR count). The van der Waals surface area contributed by atoms with E-state index >= 15 is 0 Å². The van der Waals surface area contributed by atoms with Crippen LogP contribution in [-0.2, 0) is 16.1 Å². The molecule has 3 aromatic rings. The molecule has 144 valence electrons. The van der Waals surface area contributed by atoms with Crippen LogP contribution in [0.3, 0.4) is 0 Å². The third-order valence-electron chi connectivity index (χ3n) is 4.58. The number of esters is 1. The van der Waals surface area contributed by atoms with Crippen molar-refractivity contribution in [2.75, 3.05) is 5.75 Å². The fourth-order valence-electron chi connectivity index (χ4n) is 3.01. The van der Waals surface area contributed by atoms with Gasteiger partial charge >= 0.3 is 5.97 Å². The second-order valence-electron chi connectivity index (χ2n) is 6.78. The number of rotatable bonds is 5. The number of carbonyl (C=O) groups excluding carboxylic acids is 1. The molecule has 0 spiro atoms. The standard InChI is InChI=1S/C20H19N3O4S/c1-12-3-5-14(6-4-12)17-7-15(22-27-17)10-26-18(24)8-16-11-28-20-21-9-13(2)19(25)23(16)20/h3-7,9,16H,8,10-11H2,1-2H3. The lowest BCUT2D eigenvalue weighted by Gasteiger charge is -2.12. The summed E-state index contributed by atoms with van der Waals surface area (Å²) in [6.45, 7) is 3.76. The highest BCUT2D eigenvalue weighted by atomic mass is 32.2. The van der Waals surface area contributed by atoms with E-state index in [1.807, 2.05) is 31.2 Å². The summed E-state index contributed by atoms with van der Waals surface area (Å²) < 4.78 is 12.3. The molecule has 0 fully saturated rings. The SMILES string of the molecule is Cc1ccc(-c2cc(COC(=O)CC3CSc4ncc(C)c(=O)n43)no2)cc1. The Balaban J connectivity index is 1.37. The van der Waals surface area contributed by atoms with E-state index in [0.717, 1.165) is 11.1 Å². The Morgan fingerprint density at radius 2 is 2.11 bits per heavy atom. The Labute approximate surface area is 165 Å². The lowest BCUT2D eigenvalue weighted by molar-refractivity contribution is -0.145. The molecule has 0 radical (unpaired) electrons. The molecule has 7 nitrogen and oxygen atoms in total. The molecule has 8 heteroatoms. The van der Waals surface area contributed by atoms with Crippen molar-refractivity contribution in [1.82, 2.24) is 14.7 Å². The smallest absolute Gasteiger partial charge is 0.308 e. The molecule has 1 aliphatic rings. The van der Waals surface area contributed by atoms with Crippen LogP contribution in [0.25, 0.3) is 11.3 Å². The van der Waals surface area contributed by atoms with Gasteiger partial charge in [0, 0.05) is 29.1 Å². The quantitative estimate of drug-likeness (QED) is 0.482. The first-order chi connectivity index (χ1) is 13.5. The van der Waals surface area contributed by atoms with Crippen molar-refractivity contribution in [2.45, 2.75) is 38.1 Å². The molecule has 3 heterocycles. The van der Waals surface area contributed by atoms with Gasteiger partial charge in [0.25, 0.3) is 5.56 Å². The highest BCUT2D eigenvalue weighted by Gasteiger charge is 2.28. The van der Waals surface area contributed by atoms with E-state index < -0.39 is 0 Å². The van der Waals surface area contributed by atoms with Crippen LogP contribution in [0.1, 0.15) is 29.3 Å². The maximum Gasteiger partial charge on any atom is 0.308 e. The normalized spacial score (nSPS) is 15.4. The van der Waals surface area contributed by atoms with Gasteiger partial charge in [-0.25, -0.2) is 4.98 Å². The molecule has 28 heavy (non-hydrogen) atoms. The lowest BCUT2D eigenvalue weighted by Crippen LogP contribution is -2.27. The number of nitrogens with zero attached hydrogens (tertiary/aromatic N) is 3. The van der Waals surface area contributed by atoms with E-state index in [9.17, 15) is 9.59 Å². The second-order valence-corrected chi connectivity index (χ2v) is 7.76. The van der Waals surface area contributed by atoms with E-state index in [0.29, 0.717) is 27.9 Å². The zero-order valence-corrected chi connectivity index (χ0v) is 16.4. The van der Waals surface area contributed by atoms with Crippen LogP contribution in [0.5, 0.6) is 0 Å². The average Bonchev–Trinajstić information content (AvgIpc) is 3.31. The van der Waals surface area contributed by atoms with E-state index in [2.05, 4.69) is 10.1 Å². The molecule has 0 saturated carbocycles. The molecule has 2 aromatic heterocycles. The van der Waals surface area contributed by atoms with Gasteiger partial charge in [0.1, 0.15) is 12.3 Å². The second kappa shape index (κ2) is 7.63. The van der Waals surface area contributed by atoms with Gasteiger partial charge in [-0.3, -0.25) is 14.2 Å². The molecular formula is C20H19N3O4S. The predicted octanol–water partition coefficient (Wildman–Crippen LogP) is 3.30. The third-order valence-corrected chi connectivity index (χ3v) is 5.69. The lowest BCUT2D eigenvalue weighted by atomic mass is 10.1. The molecule has 1 atom stereocenters. The van der Waals surface area contributed by atoms with Gasteiger partial charge in [0.15, 0.2) is 10.9 Å². The van der Waals surface area contributed by atoms with E-state index in [4.69, 9.17) is 9.26 Å². The minimum atomic E-state index is -0.383. The average molecular weight is 397 g/mol. The molecule has 1 unspecified atom stereocenters. The summed E-state index contributed by atoms with van der Waals surface area (Å²) in [5.74, 6) is 0.870. The number of thioether (sulfide) groups is 1. The van der Waals surface area contributed by atoms with Gasteiger partial charge in [0.05, 0.1) is 12.5 Å². The van der Waals surface area contributed by atoms with E-state index in [1.165, 1.54) is 11.8 Å². The number of benzene rings is 1. The number of fused-ring (bicyclic) bond motifs is 1. The van der Waals surface area contributed by atoms with Crippen molar-refractivity contribution in [3.8, 4) is 11.3 Å². The molecule has 0 saturated heterocycles. The van der Waals surface area contributed by atoms with Crippen molar-refractivity contribution in [1.29, 1.82) is 0 Å². The first kappa shape index (κ1) is 18.5. The predicted molar refractivity (Wildman–Crippen MR) is 104 cm³/mol. The van der Waals surface area contributed by atoms with Crippen molar-refractivity contribution in [3.05, 3.63) is 63.7 Å². The number of hydrogen-bond donors (Lipinski definition) is 0. The van der Waals surface area contributed by atoms with Crippen molar-refractivity contribution in [2.24, 2.45) is 0 Å². The van der Waals surface area contributed by atoms with Gasteiger partial charge in [-0.1, -0.05) is 46.7 Å². The molecule has 0 N–H and O–H groups in total. The van der Waals surface area contributed by atoms with Crippen molar-refractivity contribution in [3.63, 3.8) is 0 Å². The summed E-state index contributed by atoms with van der Waals surface area (Å²) in [4.78, 5) is 28.9. The number of aryl methyl sites for hydroxylation is 2. The van der Waals surface area contributed by atoms with Crippen LogP contribution in [0, 0.1) is 13.8 Å². The molecule has 1 aromatic carbocycles. The Kier molecular flexibility index (Phi) is 5.04. The van der Waals surface area contributed by atoms with Gasteiger partial charge in [0.2, 0.25) is 0 Å². The zero-order valence-electron chi connectivity index (χ0n) is 15.5. The Morgan fingerprint density at radius 1 is 1.32 bits per heavy atom. The highest BCUT2D eigenvalue weighted by Crippen LogP contribution is 2.32. The van der Waals surface area contributed by atoms with Crippen LogP contribution in [0.4, 0.5) is 0 Å². The first-order valence-electron chi connectivity index (χ1n) is 8.90. The first-order valence-corrected chi connectivity index (χ1v) is 9.89. The minimum absolute atomic E-state index is 0.0296. The molecule has 1 aliphatic heterocycles. The summed E-state index contributed by atoms with van der Waals surface area (Å²) in [5.41, 5.74) is 3.08. The van der Waals surface area contributed by atoms with Gasteiger partial charge in [-0.2, -0.15) is 0 Å². The van der Waals surface area contributed by atoms with Crippen LogP contribution < -0.4 is 5.56 Å². The Morgan fingerprint density at radius 3 is 2.89 bits per heavy atom. The van der Waals surface area contributed by atoms with Gasteiger partial charge in [-0.15, -0.1) is 0 Å². The molecule has 0 amide bonds. The van der Waals surface area contributed by atoms with Crippen molar-refractivity contribution >= 4 is 17.7 Å². The summed E-state index contributed by atoms with van der Waals surface area (Å²) in [6.07, 6.45) is 1.69. The third kappa shape index (κ3) is 3.73. The fraction of sp³-hybridized carbons (Fsp3) is 0.300. The summed E-state index contributed by atoms with van der Waals surface area (Å²) >= 11 is 1.47. The van der Waals surface area contributed by atoms with Gasteiger partial charge < -0.3 is 9.26 Å². The summed E-state index contributed by atoms with van der Waals surface area (Å²) in [7, 11) is 0. The monoisotopic (exact) mass is 397 g/mol. The number of hydrogen-bond acceptors (Lipinski definition) is 7. The Hall–Kier alpha value is -2.87. The number of carbonyl (C=O) groups is 1. The summed E-state index contributed by atoms with van der Waals surface area (Å²) in [5, 5.41) is 4.60. The zero-order chi connectivity index (χ0) is 19.7. The topological polar surface area (TPSA) is 87.2 Å². The van der Waals surface area contributed by atoms with E-state index in [1.54, 1.807) is 23.8 Å². The van der Waals surface area contributed by atoms with Crippen LogP contribution in [0.15, 0.2) is 51.0 Å². The van der Waals surface area contributed by atoms with Crippen LogP contribution in [-0.4, -0.2) is 26.4 Å². The highest BCUT2D eigenvalue weighted by molar-refractivity contribution is 7.99. The minimum Gasteiger partial charge on any atom is -0.459 e. The van der Waals surface area contributed by atoms with Gasteiger partial charge in [-0.05, 0) is 13.8 Å². The summed E-state index contributed by atoms with van der Waals surface area (Å²) in [6, 6.07) is 9.41. The molecule has 0 bridgehead atoms. The maximum absolute atomic E-state index is 12.3. The molecule has 0 aliphatic carbocycles. The van der Waals surface area contributed by atoms with Crippen LogP contribution in [0.2, 0.25) is 0 Å². The van der Waals surface area contributed by atoms with Crippen molar-refractivity contribution < 1.29 is 14.1 Å². The number of aromatic nitrogens is 3. The number of ether oxygens (including phenoxy) is 1. The molecular weight excluding hydrogens is 378 g/mol. The Bertz CT molecular complexity index is 1070. The fourth-order valence-corrected chi connectivity index (χ4v) is 4.12. The largest absolute Gasteiger partial charge is 0.459 e.